The molecule has 0 saturated carbocycles. The molecular formula is C19H10O6. The fraction of sp³-hybridized carbons (Fsp3) is 0.0526. The lowest BCUT2D eigenvalue weighted by Gasteiger charge is -2.05. The van der Waals surface area contributed by atoms with Crippen molar-refractivity contribution >= 4 is 21.9 Å². The van der Waals surface area contributed by atoms with Crippen LogP contribution >= 0.6 is 0 Å². The second-order valence-corrected chi connectivity index (χ2v) is 5.65. The normalized spacial score (nSPS) is 12.8. The van der Waals surface area contributed by atoms with Crippen LogP contribution in [0.15, 0.2) is 67.0 Å². The highest BCUT2D eigenvalue weighted by Crippen LogP contribution is 2.36. The third-order valence-corrected chi connectivity index (χ3v) is 4.14. The van der Waals surface area contributed by atoms with Crippen LogP contribution in [0.1, 0.15) is 0 Å². The second-order valence-electron chi connectivity index (χ2n) is 5.65. The lowest BCUT2D eigenvalue weighted by molar-refractivity contribution is 0.174. The Balaban J connectivity index is 1.78. The lowest BCUT2D eigenvalue weighted by atomic mass is 10.1. The molecule has 0 spiro atoms. The van der Waals surface area contributed by atoms with Gasteiger partial charge in [0, 0.05) is 23.1 Å². The molecule has 0 unspecified atom stereocenters. The average Bonchev–Trinajstić information content (AvgIpc) is 3.08. The van der Waals surface area contributed by atoms with Crippen LogP contribution < -0.4 is 20.5 Å². The SMILES string of the molecule is O=c1ccc2ccc3oc(-c4ccc5c(c4)OCO5)cc(=O)c3c2o1. The Bertz CT molecular complexity index is 1260. The number of fused-ring (bicyclic) bond motifs is 4. The van der Waals surface area contributed by atoms with E-state index >= 15 is 0 Å². The molecule has 4 aromatic rings. The van der Waals surface area contributed by atoms with Crippen LogP contribution in [0.2, 0.25) is 0 Å². The van der Waals surface area contributed by atoms with E-state index in [-0.39, 0.29) is 23.2 Å². The lowest BCUT2D eigenvalue weighted by Crippen LogP contribution is -2.03. The summed E-state index contributed by atoms with van der Waals surface area (Å²) in [7, 11) is 0. The van der Waals surface area contributed by atoms with Gasteiger partial charge in [-0.05, 0) is 36.4 Å². The highest BCUT2D eigenvalue weighted by atomic mass is 16.7. The fourth-order valence-electron chi connectivity index (χ4n) is 2.96. The fourth-order valence-corrected chi connectivity index (χ4v) is 2.96. The first-order chi connectivity index (χ1) is 12.2. The van der Waals surface area contributed by atoms with E-state index < -0.39 is 5.63 Å². The topological polar surface area (TPSA) is 78.9 Å². The van der Waals surface area contributed by atoms with Gasteiger partial charge in [0.1, 0.15) is 16.7 Å². The van der Waals surface area contributed by atoms with E-state index in [1.54, 1.807) is 36.4 Å². The van der Waals surface area contributed by atoms with Gasteiger partial charge in [-0.2, -0.15) is 0 Å². The zero-order valence-electron chi connectivity index (χ0n) is 12.8. The molecule has 0 fully saturated rings. The zero-order valence-corrected chi connectivity index (χ0v) is 12.8. The van der Waals surface area contributed by atoms with Gasteiger partial charge in [0.2, 0.25) is 6.79 Å². The van der Waals surface area contributed by atoms with Gasteiger partial charge in [0.25, 0.3) is 0 Å². The monoisotopic (exact) mass is 334 g/mol. The van der Waals surface area contributed by atoms with Gasteiger partial charge in [-0.1, -0.05) is 0 Å². The maximum absolute atomic E-state index is 12.7. The van der Waals surface area contributed by atoms with Crippen molar-refractivity contribution in [1.29, 1.82) is 0 Å². The summed E-state index contributed by atoms with van der Waals surface area (Å²) in [6, 6.07) is 13.1. The van der Waals surface area contributed by atoms with E-state index in [9.17, 15) is 9.59 Å². The summed E-state index contributed by atoms with van der Waals surface area (Å²) in [5, 5.41) is 0.912. The molecule has 0 bridgehead atoms. The number of hydrogen-bond donors (Lipinski definition) is 0. The summed E-state index contributed by atoms with van der Waals surface area (Å²) in [4.78, 5) is 24.2. The van der Waals surface area contributed by atoms with Crippen molar-refractivity contribution in [3.05, 3.63) is 69.2 Å². The van der Waals surface area contributed by atoms with Gasteiger partial charge in [-0.15, -0.1) is 0 Å². The predicted molar refractivity (Wildman–Crippen MR) is 90.1 cm³/mol. The summed E-state index contributed by atoms with van der Waals surface area (Å²) < 4.78 is 21.7. The van der Waals surface area contributed by atoms with Gasteiger partial charge < -0.3 is 18.3 Å². The molecule has 0 saturated heterocycles. The Morgan fingerprint density at radius 2 is 1.64 bits per heavy atom. The van der Waals surface area contributed by atoms with Crippen LogP contribution in [0.3, 0.4) is 0 Å². The van der Waals surface area contributed by atoms with Crippen molar-refractivity contribution < 1.29 is 18.3 Å². The molecular weight excluding hydrogens is 324 g/mol. The zero-order chi connectivity index (χ0) is 17.0. The molecule has 122 valence electrons. The van der Waals surface area contributed by atoms with E-state index in [1.165, 1.54) is 12.1 Å². The van der Waals surface area contributed by atoms with Crippen LogP contribution in [0.25, 0.3) is 33.3 Å². The Hall–Kier alpha value is -3.54. The average molecular weight is 334 g/mol. The van der Waals surface area contributed by atoms with Crippen LogP contribution in [-0.4, -0.2) is 6.79 Å². The minimum absolute atomic E-state index is 0.172. The Labute approximate surface area is 139 Å². The van der Waals surface area contributed by atoms with E-state index in [0.29, 0.717) is 33.8 Å². The van der Waals surface area contributed by atoms with E-state index in [2.05, 4.69) is 0 Å². The van der Waals surface area contributed by atoms with Gasteiger partial charge in [-0.25, -0.2) is 4.79 Å². The molecule has 6 nitrogen and oxygen atoms in total. The van der Waals surface area contributed by atoms with Gasteiger partial charge in [-0.3, -0.25) is 4.79 Å². The van der Waals surface area contributed by atoms with E-state index in [1.807, 2.05) is 0 Å². The van der Waals surface area contributed by atoms with Gasteiger partial charge in [0.15, 0.2) is 22.5 Å². The third-order valence-electron chi connectivity index (χ3n) is 4.14. The minimum Gasteiger partial charge on any atom is -0.456 e. The summed E-state index contributed by atoms with van der Waals surface area (Å²) in [6.45, 7) is 0.172. The molecule has 0 amide bonds. The molecule has 2 aromatic carbocycles. The first-order valence-electron chi connectivity index (χ1n) is 7.60. The Morgan fingerprint density at radius 3 is 2.56 bits per heavy atom. The summed E-state index contributed by atoms with van der Waals surface area (Å²) in [6.07, 6.45) is 0. The molecule has 0 aliphatic carbocycles. The van der Waals surface area contributed by atoms with Crippen LogP contribution in [-0.2, 0) is 0 Å². The van der Waals surface area contributed by atoms with Crippen molar-refractivity contribution in [2.75, 3.05) is 6.79 Å². The summed E-state index contributed by atoms with van der Waals surface area (Å²) in [5.74, 6) is 1.65. The molecule has 0 atom stereocenters. The number of ether oxygens (including phenoxy) is 2. The predicted octanol–water partition coefficient (Wildman–Crippen LogP) is 3.30. The third kappa shape index (κ3) is 2.11. The van der Waals surface area contributed by atoms with Crippen LogP contribution in [0.4, 0.5) is 0 Å². The molecule has 2 aromatic heterocycles. The highest BCUT2D eigenvalue weighted by Gasteiger charge is 2.16. The second kappa shape index (κ2) is 4.98. The Kier molecular flexibility index (Phi) is 2.76. The maximum Gasteiger partial charge on any atom is 0.336 e. The number of benzene rings is 2. The molecule has 3 heterocycles. The molecule has 0 radical (unpaired) electrons. The molecule has 1 aliphatic heterocycles. The molecule has 0 N–H and O–H groups in total. The quantitative estimate of drug-likeness (QED) is 0.392. The van der Waals surface area contributed by atoms with Crippen molar-refractivity contribution in [2.45, 2.75) is 0 Å². The standard InChI is InChI=1S/C19H10O6/c20-12-8-15(11-2-4-13-16(7-11)23-9-22-13)24-14-5-1-10-3-6-17(21)25-19(10)18(12)14/h1-8H,9H2. The molecule has 25 heavy (non-hydrogen) atoms. The Morgan fingerprint density at radius 1 is 0.800 bits per heavy atom. The first-order valence-corrected chi connectivity index (χ1v) is 7.60. The number of hydrogen-bond acceptors (Lipinski definition) is 6. The summed E-state index contributed by atoms with van der Waals surface area (Å²) >= 11 is 0. The largest absolute Gasteiger partial charge is 0.456 e. The van der Waals surface area contributed by atoms with Gasteiger partial charge in [0.05, 0.1) is 0 Å². The van der Waals surface area contributed by atoms with Crippen molar-refractivity contribution in [3.8, 4) is 22.8 Å². The van der Waals surface area contributed by atoms with Crippen molar-refractivity contribution in [1.82, 2.24) is 0 Å². The van der Waals surface area contributed by atoms with Crippen LogP contribution in [0.5, 0.6) is 11.5 Å². The molecule has 6 heteroatoms. The first kappa shape index (κ1) is 13.9. The number of rotatable bonds is 1. The van der Waals surface area contributed by atoms with E-state index in [0.717, 1.165) is 0 Å². The highest BCUT2D eigenvalue weighted by molar-refractivity contribution is 6.01. The van der Waals surface area contributed by atoms with Gasteiger partial charge >= 0.3 is 5.63 Å². The smallest absolute Gasteiger partial charge is 0.336 e. The van der Waals surface area contributed by atoms with Crippen LogP contribution in [0, 0.1) is 0 Å². The summed E-state index contributed by atoms with van der Waals surface area (Å²) in [5.41, 5.74) is 0.476. The molecule has 1 aliphatic rings. The van der Waals surface area contributed by atoms with E-state index in [4.69, 9.17) is 18.3 Å². The minimum atomic E-state index is -0.515. The molecule has 5 rings (SSSR count). The van der Waals surface area contributed by atoms with Crippen molar-refractivity contribution in [3.63, 3.8) is 0 Å². The maximum atomic E-state index is 12.7. The van der Waals surface area contributed by atoms with Crippen molar-refractivity contribution in [2.24, 2.45) is 0 Å².